The molecule has 3 heterocycles. The van der Waals surface area contributed by atoms with Crippen molar-refractivity contribution in [2.24, 2.45) is 0 Å². The Morgan fingerprint density at radius 2 is 1.87 bits per heavy atom. The van der Waals surface area contributed by atoms with E-state index in [0.717, 1.165) is 0 Å². The fraction of sp³-hybridized carbons (Fsp3) is 0.182. The van der Waals surface area contributed by atoms with Gasteiger partial charge < -0.3 is 15.1 Å². The zero-order chi connectivity index (χ0) is 22.1. The number of hydrogen-bond donors (Lipinski definition) is 2. The first-order valence-corrected chi connectivity index (χ1v) is 10.0. The van der Waals surface area contributed by atoms with Gasteiger partial charge in [-0.3, -0.25) is 9.59 Å². The molecule has 0 saturated heterocycles. The molecule has 0 unspecified atom stereocenters. The van der Waals surface area contributed by atoms with Gasteiger partial charge in [-0.2, -0.15) is 5.10 Å². The number of nitrogens with one attached hydrogen (secondary N) is 2. The minimum atomic E-state index is -0.455. The van der Waals surface area contributed by atoms with Gasteiger partial charge in [0.05, 0.1) is 34.8 Å². The van der Waals surface area contributed by atoms with Crippen LogP contribution < -0.4 is 10.6 Å². The van der Waals surface area contributed by atoms with Crippen LogP contribution in [0.4, 0.5) is 11.4 Å². The number of benzene rings is 1. The summed E-state index contributed by atoms with van der Waals surface area (Å²) in [5.74, 6) is -0.664. The molecular weight excluding hydrogens is 418 g/mol. The summed E-state index contributed by atoms with van der Waals surface area (Å²) in [4.78, 5) is 30.1. The monoisotopic (exact) mass is 437 g/mol. The van der Waals surface area contributed by atoms with Crippen molar-refractivity contribution < 1.29 is 14.0 Å². The van der Waals surface area contributed by atoms with Crippen LogP contribution in [0.1, 0.15) is 46.5 Å². The Morgan fingerprint density at radius 1 is 1.10 bits per heavy atom. The molecule has 4 aromatic rings. The van der Waals surface area contributed by atoms with Crippen LogP contribution >= 0.6 is 11.6 Å². The summed E-state index contributed by atoms with van der Waals surface area (Å²) < 4.78 is 6.90. The Kier molecular flexibility index (Phi) is 5.48. The Labute approximate surface area is 183 Å². The smallest absolute Gasteiger partial charge is 0.291 e. The molecule has 0 spiro atoms. The van der Waals surface area contributed by atoms with E-state index < -0.39 is 5.91 Å². The van der Waals surface area contributed by atoms with E-state index in [4.69, 9.17) is 16.0 Å². The van der Waals surface area contributed by atoms with Gasteiger partial charge in [-0.05, 0) is 57.2 Å². The van der Waals surface area contributed by atoms with Gasteiger partial charge in [0.2, 0.25) is 0 Å². The second kappa shape index (κ2) is 8.23. The second-order valence-corrected chi connectivity index (χ2v) is 7.74. The lowest BCUT2D eigenvalue weighted by atomic mass is 10.1. The summed E-state index contributed by atoms with van der Waals surface area (Å²) in [5, 5.41) is 11.0. The Balaban J connectivity index is 1.67. The maximum atomic E-state index is 13.2. The van der Waals surface area contributed by atoms with E-state index in [1.165, 1.54) is 6.26 Å². The largest absolute Gasteiger partial charge is 0.459 e. The van der Waals surface area contributed by atoms with Crippen LogP contribution in [-0.2, 0) is 0 Å². The molecule has 3 aromatic heterocycles. The second-order valence-electron chi connectivity index (χ2n) is 7.31. The topological polar surface area (TPSA) is 102 Å². The third-order valence-electron chi connectivity index (χ3n) is 4.65. The normalized spacial score (nSPS) is 11.1. The van der Waals surface area contributed by atoms with Crippen molar-refractivity contribution in [2.45, 2.75) is 26.8 Å². The van der Waals surface area contributed by atoms with E-state index in [2.05, 4.69) is 20.7 Å². The summed E-state index contributed by atoms with van der Waals surface area (Å²) in [6, 6.07) is 9.78. The summed E-state index contributed by atoms with van der Waals surface area (Å²) >= 11 is 6.10. The van der Waals surface area contributed by atoms with Gasteiger partial charge in [0.1, 0.15) is 0 Å². The summed E-state index contributed by atoms with van der Waals surface area (Å²) in [5.41, 5.74) is 2.52. The van der Waals surface area contributed by atoms with Crippen molar-refractivity contribution in [3.05, 3.63) is 70.9 Å². The molecule has 31 heavy (non-hydrogen) atoms. The third kappa shape index (κ3) is 4.15. The first kappa shape index (κ1) is 20.6. The molecule has 0 fully saturated rings. The number of carbonyl (C=O) groups is 2. The SMILES string of the molecule is Cc1cc(C(=O)Nc2ccc(Cl)cc2NC(=O)c2ccco2)c2cnn(C(C)C)c2n1. The van der Waals surface area contributed by atoms with Crippen molar-refractivity contribution in [3.8, 4) is 0 Å². The van der Waals surface area contributed by atoms with Gasteiger partial charge in [0, 0.05) is 16.8 Å². The molecule has 0 aliphatic heterocycles. The Bertz CT molecular complexity index is 1280. The van der Waals surface area contributed by atoms with Gasteiger partial charge in [-0.15, -0.1) is 0 Å². The maximum Gasteiger partial charge on any atom is 0.291 e. The van der Waals surface area contributed by atoms with E-state index in [-0.39, 0.29) is 17.7 Å². The zero-order valence-corrected chi connectivity index (χ0v) is 17.9. The molecule has 158 valence electrons. The molecule has 0 bridgehead atoms. The van der Waals surface area contributed by atoms with Crippen LogP contribution in [0.2, 0.25) is 5.02 Å². The van der Waals surface area contributed by atoms with Crippen LogP contribution in [-0.4, -0.2) is 26.6 Å². The van der Waals surface area contributed by atoms with E-state index >= 15 is 0 Å². The number of amides is 2. The van der Waals surface area contributed by atoms with Crippen LogP contribution in [0.25, 0.3) is 11.0 Å². The van der Waals surface area contributed by atoms with Crippen molar-refractivity contribution in [1.29, 1.82) is 0 Å². The highest BCUT2D eigenvalue weighted by Gasteiger charge is 2.19. The number of nitrogens with zero attached hydrogens (tertiary/aromatic N) is 3. The Morgan fingerprint density at radius 3 is 2.58 bits per heavy atom. The fourth-order valence-electron chi connectivity index (χ4n) is 3.22. The molecule has 9 heteroatoms. The molecule has 2 amide bonds. The minimum absolute atomic E-state index is 0.0994. The van der Waals surface area contributed by atoms with Crippen LogP contribution in [0, 0.1) is 6.92 Å². The van der Waals surface area contributed by atoms with Gasteiger partial charge >= 0.3 is 0 Å². The van der Waals surface area contributed by atoms with Gasteiger partial charge in [0.25, 0.3) is 11.8 Å². The molecule has 8 nitrogen and oxygen atoms in total. The Hall–Kier alpha value is -3.65. The average Bonchev–Trinajstić information content (AvgIpc) is 3.39. The number of aromatic nitrogens is 3. The minimum Gasteiger partial charge on any atom is -0.459 e. The fourth-order valence-corrected chi connectivity index (χ4v) is 3.39. The molecule has 4 rings (SSSR count). The molecular formula is C22H20ClN5O3. The standard InChI is InChI=1S/C22H20ClN5O3/c1-12(2)28-20-16(11-24-28)15(9-13(3)25-20)21(29)26-17-7-6-14(23)10-18(17)27-22(30)19-5-4-8-31-19/h4-12H,1-3H3,(H,26,29)(H,27,30). The molecule has 0 aliphatic rings. The highest BCUT2D eigenvalue weighted by atomic mass is 35.5. The molecule has 2 N–H and O–H groups in total. The zero-order valence-electron chi connectivity index (χ0n) is 17.1. The average molecular weight is 438 g/mol. The molecule has 1 aromatic carbocycles. The molecule has 0 aliphatic carbocycles. The predicted molar refractivity (Wildman–Crippen MR) is 119 cm³/mol. The van der Waals surface area contributed by atoms with Gasteiger partial charge in [0.15, 0.2) is 11.4 Å². The number of halogens is 1. The first-order valence-electron chi connectivity index (χ1n) is 9.64. The molecule has 0 radical (unpaired) electrons. The summed E-state index contributed by atoms with van der Waals surface area (Å²) in [6.07, 6.45) is 3.04. The lowest BCUT2D eigenvalue weighted by molar-refractivity contribution is 0.0993. The quantitative estimate of drug-likeness (QED) is 0.453. The number of furan rings is 1. The van der Waals surface area contributed by atoms with Crippen molar-refractivity contribution in [3.63, 3.8) is 0 Å². The van der Waals surface area contributed by atoms with Crippen LogP contribution in [0.5, 0.6) is 0 Å². The van der Waals surface area contributed by atoms with Crippen LogP contribution in [0.15, 0.2) is 53.3 Å². The third-order valence-corrected chi connectivity index (χ3v) is 4.89. The van der Waals surface area contributed by atoms with Crippen molar-refractivity contribution in [1.82, 2.24) is 14.8 Å². The lowest BCUT2D eigenvalue weighted by Crippen LogP contribution is -2.17. The van der Waals surface area contributed by atoms with E-state index in [1.807, 2.05) is 20.8 Å². The van der Waals surface area contributed by atoms with E-state index in [9.17, 15) is 9.59 Å². The number of fused-ring (bicyclic) bond motifs is 1. The predicted octanol–water partition coefficient (Wildman–Crippen LogP) is 5.07. The number of aryl methyl sites for hydroxylation is 1. The van der Waals surface area contributed by atoms with Crippen molar-refractivity contribution >= 4 is 45.8 Å². The van der Waals surface area contributed by atoms with Crippen LogP contribution in [0.3, 0.4) is 0 Å². The summed E-state index contributed by atoms with van der Waals surface area (Å²) in [6.45, 7) is 5.82. The van der Waals surface area contributed by atoms with E-state index in [1.54, 1.807) is 47.3 Å². The van der Waals surface area contributed by atoms with Gasteiger partial charge in [-0.1, -0.05) is 11.6 Å². The summed E-state index contributed by atoms with van der Waals surface area (Å²) in [7, 11) is 0. The van der Waals surface area contributed by atoms with Crippen molar-refractivity contribution in [2.75, 3.05) is 10.6 Å². The lowest BCUT2D eigenvalue weighted by Gasteiger charge is -2.13. The first-order chi connectivity index (χ1) is 14.8. The highest BCUT2D eigenvalue weighted by molar-refractivity contribution is 6.31. The molecule has 0 atom stereocenters. The number of pyridine rings is 1. The number of carbonyl (C=O) groups excluding carboxylic acids is 2. The number of hydrogen-bond acceptors (Lipinski definition) is 5. The number of anilines is 2. The molecule has 0 saturated carbocycles. The van der Waals surface area contributed by atoms with E-state index in [0.29, 0.717) is 38.7 Å². The maximum absolute atomic E-state index is 13.2. The number of rotatable bonds is 5. The highest BCUT2D eigenvalue weighted by Crippen LogP contribution is 2.28. The van der Waals surface area contributed by atoms with Gasteiger partial charge in [-0.25, -0.2) is 9.67 Å².